The van der Waals surface area contributed by atoms with E-state index in [2.05, 4.69) is 22.6 Å². The number of aromatic nitrogens is 4. The largest absolute Gasteiger partial charge is 0.466 e. The van der Waals surface area contributed by atoms with Crippen molar-refractivity contribution in [1.29, 1.82) is 0 Å². The van der Waals surface area contributed by atoms with E-state index in [-0.39, 0.29) is 11.0 Å². The third kappa shape index (κ3) is 6.32. The highest BCUT2D eigenvalue weighted by atomic mass is 35.5. The molecular formula is C27H32ClFN8O2. The predicted molar refractivity (Wildman–Crippen MR) is 146 cm³/mol. The Bertz CT molecular complexity index is 1530. The van der Waals surface area contributed by atoms with Gasteiger partial charge in [-0.1, -0.05) is 17.7 Å². The summed E-state index contributed by atoms with van der Waals surface area (Å²) in [7, 11) is 0. The van der Waals surface area contributed by atoms with Gasteiger partial charge in [-0.15, -0.1) is 0 Å². The highest BCUT2D eigenvalue weighted by Gasteiger charge is 2.25. The number of hydrazine groups is 1. The van der Waals surface area contributed by atoms with Gasteiger partial charge in [0.25, 0.3) is 0 Å². The van der Waals surface area contributed by atoms with Crippen LogP contribution >= 0.6 is 11.6 Å². The Labute approximate surface area is 230 Å². The number of rotatable bonds is 12. The minimum atomic E-state index is -0.508. The van der Waals surface area contributed by atoms with Gasteiger partial charge in [-0.05, 0) is 49.3 Å². The monoisotopic (exact) mass is 554 g/mol. The molecule has 0 aromatic carbocycles. The number of hydrogen-bond donors (Lipinski definition) is 3. The van der Waals surface area contributed by atoms with E-state index in [1.165, 1.54) is 35.8 Å². The van der Waals surface area contributed by atoms with Crippen LogP contribution < -0.4 is 16.9 Å². The Kier molecular flexibility index (Phi) is 8.01. The van der Waals surface area contributed by atoms with Crippen molar-refractivity contribution >= 4 is 28.7 Å². The first-order chi connectivity index (χ1) is 18.8. The van der Waals surface area contributed by atoms with Crippen LogP contribution in [0, 0.1) is 5.82 Å². The van der Waals surface area contributed by atoms with Gasteiger partial charge in [0.1, 0.15) is 11.2 Å². The number of hydrogen-bond acceptors (Lipinski definition) is 8. The van der Waals surface area contributed by atoms with E-state index >= 15 is 0 Å². The molecule has 4 aromatic heterocycles. The van der Waals surface area contributed by atoms with Crippen LogP contribution in [0.3, 0.4) is 0 Å². The molecule has 1 saturated carbocycles. The summed E-state index contributed by atoms with van der Waals surface area (Å²) in [5, 5.41) is 4.68. The summed E-state index contributed by atoms with van der Waals surface area (Å²) in [5.41, 5.74) is 11.4. The van der Waals surface area contributed by atoms with Crippen molar-refractivity contribution in [2.24, 2.45) is 11.6 Å². The summed E-state index contributed by atoms with van der Waals surface area (Å²) in [6.07, 6.45) is 12.1. The molecule has 206 valence electrons. The van der Waals surface area contributed by atoms with Crippen molar-refractivity contribution in [2.45, 2.75) is 51.6 Å². The van der Waals surface area contributed by atoms with Gasteiger partial charge < -0.3 is 29.6 Å². The molecule has 4 aromatic rings. The Hall–Kier alpha value is -3.67. The number of fused-ring (bicyclic) bond motifs is 2. The SMILES string of the molecule is CCOC(=O)CCc1cc(C2CC2)cn2cc(CN(N)/C=C(\N)CNCc3ncn4ccc(Cl)c(F)c34)nc12. The summed E-state index contributed by atoms with van der Waals surface area (Å²) < 4.78 is 23.1. The number of nitrogens with one attached hydrogen (secondary N) is 1. The third-order valence-electron chi connectivity index (χ3n) is 6.62. The Morgan fingerprint density at radius 3 is 2.95 bits per heavy atom. The van der Waals surface area contributed by atoms with Crippen LogP contribution in [-0.4, -0.2) is 42.9 Å². The summed E-state index contributed by atoms with van der Waals surface area (Å²) in [6.45, 7) is 3.14. The summed E-state index contributed by atoms with van der Waals surface area (Å²) in [4.78, 5) is 21.0. The van der Waals surface area contributed by atoms with Crippen LogP contribution in [0.5, 0.6) is 0 Å². The fourth-order valence-corrected chi connectivity index (χ4v) is 4.79. The first-order valence-electron chi connectivity index (χ1n) is 13.0. The van der Waals surface area contributed by atoms with Gasteiger partial charge in [0.05, 0.1) is 35.9 Å². The molecule has 1 aliphatic rings. The molecule has 0 radical (unpaired) electrons. The minimum absolute atomic E-state index is 0.0456. The molecule has 0 unspecified atom stereocenters. The van der Waals surface area contributed by atoms with Gasteiger partial charge in [0.2, 0.25) is 0 Å². The second-order valence-electron chi connectivity index (χ2n) is 9.75. The first-order valence-corrected chi connectivity index (χ1v) is 13.3. The van der Waals surface area contributed by atoms with E-state index in [1.807, 2.05) is 10.6 Å². The molecule has 5 rings (SSSR count). The molecule has 1 fully saturated rings. The highest BCUT2D eigenvalue weighted by Crippen LogP contribution is 2.40. The molecule has 5 N–H and O–H groups in total. The van der Waals surface area contributed by atoms with Crippen LogP contribution in [0.2, 0.25) is 5.02 Å². The zero-order valence-corrected chi connectivity index (χ0v) is 22.5. The van der Waals surface area contributed by atoms with Crippen molar-refractivity contribution in [1.82, 2.24) is 29.1 Å². The number of ether oxygens (including phenoxy) is 1. The molecule has 10 nitrogen and oxygen atoms in total. The molecule has 0 aliphatic heterocycles. The van der Waals surface area contributed by atoms with Crippen LogP contribution in [-0.2, 0) is 29.0 Å². The third-order valence-corrected chi connectivity index (χ3v) is 6.91. The molecule has 0 saturated heterocycles. The lowest BCUT2D eigenvalue weighted by Crippen LogP contribution is -2.29. The van der Waals surface area contributed by atoms with Crippen molar-refractivity contribution < 1.29 is 13.9 Å². The number of esters is 1. The van der Waals surface area contributed by atoms with Gasteiger partial charge in [-0.2, -0.15) is 0 Å². The van der Waals surface area contributed by atoms with E-state index in [4.69, 9.17) is 32.9 Å². The molecule has 12 heteroatoms. The highest BCUT2D eigenvalue weighted by molar-refractivity contribution is 6.31. The van der Waals surface area contributed by atoms with Gasteiger partial charge in [-0.25, -0.2) is 20.2 Å². The van der Waals surface area contributed by atoms with E-state index < -0.39 is 5.82 Å². The van der Waals surface area contributed by atoms with E-state index in [0.717, 1.165) is 16.9 Å². The number of nitrogens with zero attached hydrogens (tertiary/aromatic N) is 5. The maximum atomic E-state index is 14.4. The van der Waals surface area contributed by atoms with Crippen molar-refractivity contribution in [2.75, 3.05) is 13.2 Å². The van der Waals surface area contributed by atoms with Gasteiger partial charge in [0, 0.05) is 50.0 Å². The molecule has 0 bridgehead atoms. The Morgan fingerprint density at radius 1 is 1.36 bits per heavy atom. The van der Waals surface area contributed by atoms with E-state index in [9.17, 15) is 9.18 Å². The maximum absolute atomic E-state index is 14.4. The van der Waals surface area contributed by atoms with Crippen molar-refractivity contribution in [3.63, 3.8) is 0 Å². The molecule has 0 atom stereocenters. The number of carbonyl (C=O) groups is 1. The molecule has 4 heterocycles. The number of nitrogens with two attached hydrogens (primary N) is 2. The summed E-state index contributed by atoms with van der Waals surface area (Å²) in [6, 6.07) is 3.65. The second kappa shape index (κ2) is 11.6. The van der Waals surface area contributed by atoms with Gasteiger partial charge >= 0.3 is 5.97 Å². The molecule has 39 heavy (non-hydrogen) atoms. The summed E-state index contributed by atoms with van der Waals surface area (Å²) in [5.74, 6) is 6.07. The van der Waals surface area contributed by atoms with Gasteiger partial charge in [0.15, 0.2) is 5.82 Å². The fourth-order valence-electron chi connectivity index (χ4n) is 4.64. The fraction of sp³-hybridized carbons (Fsp3) is 0.370. The average Bonchev–Trinajstić information content (AvgIpc) is 3.55. The maximum Gasteiger partial charge on any atom is 0.306 e. The average molecular weight is 555 g/mol. The topological polar surface area (TPSA) is 128 Å². The van der Waals surface area contributed by atoms with Gasteiger partial charge in [-0.3, -0.25) is 4.79 Å². The van der Waals surface area contributed by atoms with Crippen molar-refractivity contribution in [3.05, 3.63) is 82.3 Å². The van der Waals surface area contributed by atoms with E-state index in [1.54, 1.807) is 23.7 Å². The number of aryl methyl sites for hydroxylation is 1. The molecule has 0 spiro atoms. The van der Waals surface area contributed by atoms with Crippen LogP contribution in [0.4, 0.5) is 4.39 Å². The lowest BCUT2D eigenvalue weighted by atomic mass is 10.1. The van der Waals surface area contributed by atoms with Crippen LogP contribution in [0.1, 0.15) is 54.6 Å². The number of carbonyl (C=O) groups excluding carboxylic acids is 1. The minimum Gasteiger partial charge on any atom is -0.466 e. The smallest absolute Gasteiger partial charge is 0.306 e. The number of imidazole rings is 2. The lowest BCUT2D eigenvalue weighted by molar-refractivity contribution is -0.143. The van der Waals surface area contributed by atoms with Crippen LogP contribution in [0.25, 0.3) is 11.2 Å². The quantitative estimate of drug-likeness (QED) is 0.138. The first kappa shape index (κ1) is 26.9. The Morgan fingerprint density at radius 2 is 2.18 bits per heavy atom. The van der Waals surface area contributed by atoms with Crippen LogP contribution in [0.15, 0.2) is 48.9 Å². The number of pyridine rings is 2. The summed E-state index contributed by atoms with van der Waals surface area (Å²) >= 11 is 5.91. The predicted octanol–water partition coefficient (Wildman–Crippen LogP) is 3.41. The Balaban J connectivity index is 1.22. The standard InChI is InChI=1S/C27H32ClFN8O2/c1-2-39-24(38)6-5-18-9-19(17-3-4-17)12-36-14-21(34-27(18)36)15-37(31)13-20(30)10-32-11-23-26-25(29)22(28)7-8-35(26)16-33-23/h7-9,12-14,16-17,32H,2-6,10-11,15,30-31H2,1H3/b20-13-. The normalized spacial score (nSPS) is 13.9. The zero-order valence-electron chi connectivity index (χ0n) is 21.7. The molecule has 0 amide bonds. The number of halogens is 2. The lowest BCUT2D eigenvalue weighted by Gasteiger charge is -2.13. The zero-order chi connectivity index (χ0) is 27.5. The van der Waals surface area contributed by atoms with Crippen molar-refractivity contribution in [3.8, 4) is 0 Å². The second-order valence-corrected chi connectivity index (χ2v) is 10.2. The molecular weight excluding hydrogens is 523 g/mol. The van der Waals surface area contributed by atoms with E-state index in [0.29, 0.717) is 61.9 Å². The molecule has 1 aliphatic carbocycles.